The predicted octanol–water partition coefficient (Wildman–Crippen LogP) is 3.40. The minimum atomic E-state index is -1.05. The van der Waals surface area contributed by atoms with E-state index in [0.717, 1.165) is 30.2 Å². The summed E-state index contributed by atoms with van der Waals surface area (Å²) in [6.07, 6.45) is 3.75. The second-order valence-corrected chi connectivity index (χ2v) is 7.56. The van der Waals surface area contributed by atoms with E-state index in [1.807, 2.05) is 12.1 Å². The van der Waals surface area contributed by atoms with Crippen LogP contribution < -0.4 is 10.1 Å². The molecule has 2 N–H and O–H groups in total. The first-order valence-electron chi connectivity index (χ1n) is 9.66. The van der Waals surface area contributed by atoms with Gasteiger partial charge in [-0.25, -0.2) is 4.39 Å². The SMILES string of the molecule is Oc1cc2cccnc2cc1-c1ccc(O[C@H]2C[C@@H]3CCC[C@@H](N3)[C@H]2F)nn1. The number of ether oxygens (including phenoxy) is 1. The van der Waals surface area contributed by atoms with E-state index < -0.39 is 12.3 Å². The fraction of sp³-hybridized carbons (Fsp3) is 0.381. The smallest absolute Gasteiger partial charge is 0.233 e. The first kappa shape index (κ1) is 17.3. The zero-order chi connectivity index (χ0) is 19.1. The number of piperidine rings is 2. The average molecular weight is 380 g/mol. The Bertz CT molecular complexity index is 997. The molecule has 4 atom stereocenters. The number of pyridine rings is 1. The lowest BCUT2D eigenvalue weighted by atomic mass is 9.84. The Morgan fingerprint density at radius 3 is 2.93 bits per heavy atom. The molecule has 2 aromatic heterocycles. The lowest BCUT2D eigenvalue weighted by Crippen LogP contribution is -2.59. The number of aromatic hydroxyl groups is 1. The molecule has 3 aromatic rings. The topological polar surface area (TPSA) is 80.2 Å². The van der Waals surface area contributed by atoms with Gasteiger partial charge in [0.15, 0.2) is 6.17 Å². The zero-order valence-corrected chi connectivity index (χ0v) is 15.3. The van der Waals surface area contributed by atoms with Crippen LogP contribution in [0, 0.1) is 0 Å². The number of alkyl halides is 1. The van der Waals surface area contributed by atoms with Crippen LogP contribution in [-0.2, 0) is 0 Å². The monoisotopic (exact) mass is 380 g/mol. The molecule has 2 fully saturated rings. The number of hydrogen-bond acceptors (Lipinski definition) is 6. The van der Waals surface area contributed by atoms with Crippen molar-refractivity contribution < 1.29 is 14.2 Å². The first-order chi connectivity index (χ1) is 13.7. The van der Waals surface area contributed by atoms with E-state index in [2.05, 4.69) is 20.5 Å². The van der Waals surface area contributed by atoms with E-state index in [4.69, 9.17) is 4.74 Å². The molecular weight excluding hydrogens is 359 g/mol. The molecule has 2 saturated heterocycles. The number of fused-ring (bicyclic) bond motifs is 3. The molecule has 6 nitrogen and oxygen atoms in total. The molecule has 2 aliphatic heterocycles. The molecule has 0 unspecified atom stereocenters. The maximum absolute atomic E-state index is 14.7. The Kier molecular flexibility index (Phi) is 4.31. The predicted molar refractivity (Wildman–Crippen MR) is 103 cm³/mol. The van der Waals surface area contributed by atoms with Crippen molar-refractivity contribution in [2.75, 3.05) is 0 Å². The van der Waals surface area contributed by atoms with Gasteiger partial charge in [0.1, 0.15) is 11.9 Å². The number of aromatic nitrogens is 3. The molecule has 0 saturated carbocycles. The second-order valence-electron chi connectivity index (χ2n) is 7.56. The van der Waals surface area contributed by atoms with Crippen molar-refractivity contribution in [3.05, 3.63) is 42.6 Å². The van der Waals surface area contributed by atoms with Crippen LogP contribution in [0.3, 0.4) is 0 Å². The van der Waals surface area contributed by atoms with Gasteiger partial charge in [0.25, 0.3) is 0 Å². The summed E-state index contributed by atoms with van der Waals surface area (Å²) in [6, 6.07) is 10.7. The van der Waals surface area contributed by atoms with E-state index in [1.54, 1.807) is 30.5 Å². The standard InChI is InChI=1S/C21H21FN4O2/c22-21-16-5-1-4-13(24-16)10-19(21)28-20-7-6-15(25-26-20)14-11-17-12(9-18(14)27)3-2-8-23-17/h2-3,6-9,11,13,16,19,21,24,27H,1,4-5,10H2/t13-,16+,19-,21+/m0/s1. The van der Waals surface area contributed by atoms with Crippen molar-refractivity contribution in [2.24, 2.45) is 0 Å². The molecular formula is C21H21FN4O2. The van der Waals surface area contributed by atoms with Gasteiger partial charge >= 0.3 is 0 Å². The highest BCUT2D eigenvalue weighted by Crippen LogP contribution is 2.33. The summed E-state index contributed by atoms with van der Waals surface area (Å²) in [4.78, 5) is 4.31. The van der Waals surface area contributed by atoms with Crippen LogP contribution in [0.15, 0.2) is 42.6 Å². The molecule has 0 amide bonds. The zero-order valence-electron chi connectivity index (χ0n) is 15.3. The van der Waals surface area contributed by atoms with Gasteiger partial charge in [0.05, 0.1) is 11.2 Å². The van der Waals surface area contributed by atoms with Crippen molar-refractivity contribution in [3.8, 4) is 22.9 Å². The van der Waals surface area contributed by atoms with E-state index in [0.29, 0.717) is 29.6 Å². The molecule has 144 valence electrons. The third-order valence-corrected chi connectivity index (χ3v) is 5.68. The highest BCUT2D eigenvalue weighted by atomic mass is 19.1. The molecule has 0 aliphatic carbocycles. The average Bonchev–Trinajstić information content (AvgIpc) is 2.72. The van der Waals surface area contributed by atoms with E-state index >= 15 is 0 Å². The summed E-state index contributed by atoms with van der Waals surface area (Å²) in [5.41, 5.74) is 1.82. The van der Waals surface area contributed by atoms with Crippen molar-refractivity contribution in [3.63, 3.8) is 0 Å². The molecule has 28 heavy (non-hydrogen) atoms. The summed E-state index contributed by atoms with van der Waals surface area (Å²) in [5, 5.41) is 22.8. The molecule has 1 aromatic carbocycles. The molecule has 0 spiro atoms. The van der Waals surface area contributed by atoms with Gasteiger partial charge in [-0.2, -0.15) is 0 Å². The number of phenols is 1. The van der Waals surface area contributed by atoms with Gasteiger partial charge in [-0.1, -0.05) is 12.5 Å². The van der Waals surface area contributed by atoms with Crippen LogP contribution in [0.2, 0.25) is 0 Å². The van der Waals surface area contributed by atoms with Crippen LogP contribution in [-0.4, -0.2) is 44.6 Å². The third-order valence-electron chi connectivity index (χ3n) is 5.68. The normalized spacial score (nSPS) is 26.9. The summed E-state index contributed by atoms with van der Waals surface area (Å²) in [7, 11) is 0. The van der Waals surface area contributed by atoms with Gasteiger partial charge in [-0.05, 0) is 37.1 Å². The Hall–Kier alpha value is -2.80. The first-order valence-corrected chi connectivity index (χ1v) is 9.66. The molecule has 2 bridgehead atoms. The fourth-order valence-corrected chi connectivity index (χ4v) is 4.27. The number of nitrogens with zero attached hydrogens (tertiary/aromatic N) is 3. The Morgan fingerprint density at radius 2 is 2.07 bits per heavy atom. The van der Waals surface area contributed by atoms with Crippen LogP contribution in [0.5, 0.6) is 11.6 Å². The lowest BCUT2D eigenvalue weighted by Gasteiger charge is -2.42. The Labute approximate surface area is 161 Å². The maximum Gasteiger partial charge on any atom is 0.233 e. The van der Waals surface area contributed by atoms with Crippen LogP contribution >= 0.6 is 0 Å². The minimum Gasteiger partial charge on any atom is -0.507 e. The van der Waals surface area contributed by atoms with Crippen LogP contribution in [0.1, 0.15) is 25.7 Å². The summed E-state index contributed by atoms with van der Waals surface area (Å²) < 4.78 is 20.5. The minimum absolute atomic E-state index is 0.110. The maximum atomic E-state index is 14.7. The Morgan fingerprint density at radius 1 is 1.14 bits per heavy atom. The van der Waals surface area contributed by atoms with Crippen molar-refractivity contribution in [1.29, 1.82) is 0 Å². The molecule has 0 radical (unpaired) electrons. The largest absolute Gasteiger partial charge is 0.507 e. The van der Waals surface area contributed by atoms with E-state index in [9.17, 15) is 9.50 Å². The van der Waals surface area contributed by atoms with Gasteiger partial charge in [-0.15, -0.1) is 10.2 Å². The van der Waals surface area contributed by atoms with E-state index in [1.165, 1.54) is 0 Å². The van der Waals surface area contributed by atoms with Gasteiger partial charge in [0, 0.05) is 41.7 Å². The number of benzene rings is 1. The van der Waals surface area contributed by atoms with Crippen LogP contribution in [0.4, 0.5) is 4.39 Å². The van der Waals surface area contributed by atoms with Crippen molar-refractivity contribution in [2.45, 2.75) is 50.0 Å². The lowest BCUT2D eigenvalue weighted by molar-refractivity contribution is 0.00652. The molecule has 4 heterocycles. The number of phenolic OH excluding ortho intramolecular Hbond substituents is 1. The summed E-state index contributed by atoms with van der Waals surface area (Å²) >= 11 is 0. The highest BCUT2D eigenvalue weighted by molar-refractivity contribution is 5.86. The molecule has 2 aliphatic rings. The van der Waals surface area contributed by atoms with Gasteiger partial charge in [-0.3, -0.25) is 4.98 Å². The third kappa shape index (κ3) is 3.16. The van der Waals surface area contributed by atoms with Crippen LogP contribution in [0.25, 0.3) is 22.2 Å². The van der Waals surface area contributed by atoms with Crippen molar-refractivity contribution >= 4 is 10.9 Å². The number of nitrogens with one attached hydrogen (secondary N) is 1. The van der Waals surface area contributed by atoms with Gasteiger partial charge in [0.2, 0.25) is 5.88 Å². The van der Waals surface area contributed by atoms with Gasteiger partial charge < -0.3 is 15.2 Å². The summed E-state index contributed by atoms with van der Waals surface area (Å²) in [5.74, 6) is 0.410. The summed E-state index contributed by atoms with van der Waals surface area (Å²) in [6.45, 7) is 0. The number of halogens is 1. The number of hydrogen-bond donors (Lipinski definition) is 2. The molecule has 5 rings (SSSR count). The number of rotatable bonds is 3. The fourth-order valence-electron chi connectivity index (χ4n) is 4.27. The quantitative estimate of drug-likeness (QED) is 0.725. The van der Waals surface area contributed by atoms with Crippen molar-refractivity contribution in [1.82, 2.24) is 20.5 Å². The van der Waals surface area contributed by atoms with E-state index in [-0.39, 0.29) is 11.8 Å². The second kappa shape index (κ2) is 6.98. The Balaban J connectivity index is 1.37. The highest BCUT2D eigenvalue weighted by Gasteiger charge is 2.41. The molecule has 7 heteroatoms.